The summed E-state index contributed by atoms with van der Waals surface area (Å²) < 4.78 is 11.6. The second-order valence-corrected chi connectivity index (χ2v) is 8.08. The summed E-state index contributed by atoms with van der Waals surface area (Å²) in [6, 6.07) is 5.85. The number of carbonyl (C=O) groups excluding carboxylic acids is 1. The van der Waals surface area contributed by atoms with Gasteiger partial charge in [-0.3, -0.25) is 9.79 Å². The maximum atomic E-state index is 12.0. The highest BCUT2D eigenvalue weighted by Gasteiger charge is 2.19. The number of hydrogen-bond donors (Lipinski definition) is 3. The summed E-state index contributed by atoms with van der Waals surface area (Å²) in [6.07, 6.45) is 4.89. The van der Waals surface area contributed by atoms with E-state index in [1.165, 1.54) is 12.8 Å². The summed E-state index contributed by atoms with van der Waals surface area (Å²) in [5, 5.41) is 9.20. The van der Waals surface area contributed by atoms with E-state index in [0.29, 0.717) is 12.5 Å². The van der Waals surface area contributed by atoms with Crippen LogP contribution in [-0.2, 0) is 11.3 Å². The molecule has 1 aliphatic carbocycles. The zero-order chi connectivity index (χ0) is 20.6. The molecule has 1 saturated carbocycles. The van der Waals surface area contributed by atoms with Crippen LogP contribution in [0.3, 0.4) is 0 Å². The Hall–Kier alpha value is -2.44. The quantitative estimate of drug-likeness (QED) is 0.492. The minimum atomic E-state index is -0.259. The van der Waals surface area contributed by atoms with Gasteiger partial charge >= 0.3 is 0 Å². The number of methoxy groups -OCH3 is 1. The Morgan fingerprint density at radius 2 is 1.93 bits per heavy atom. The maximum Gasteiger partial charge on any atom is 0.239 e. The van der Waals surface area contributed by atoms with Crippen molar-refractivity contribution in [3.05, 3.63) is 23.8 Å². The number of guanidine groups is 1. The highest BCUT2D eigenvalue weighted by atomic mass is 16.5. The fourth-order valence-corrected chi connectivity index (χ4v) is 3.13. The van der Waals surface area contributed by atoms with Crippen LogP contribution in [0.4, 0.5) is 0 Å². The molecular formula is C21H34N4O3. The number of benzene rings is 1. The van der Waals surface area contributed by atoms with Gasteiger partial charge in [-0.25, -0.2) is 0 Å². The molecule has 1 aliphatic rings. The van der Waals surface area contributed by atoms with Crippen LogP contribution in [0, 0.1) is 0 Å². The van der Waals surface area contributed by atoms with Crippen molar-refractivity contribution >= 4 is 11.9 Å². The van der Waals surface area contributed by atoms with Crippen LogP contribution in [0.2, 0.25) is 0 Å². The third kappa shape index (κ3) is 7.29. The zero-order valence-corrected chi connectivity index (χ0v) is 17.7. The lowest BCUT2D eigenvalue weighted by atomic mass is 10.1. The number of carbonyl (C=O) groups is 1. The summed E-state index contributed by atoms with van der Waals surface area (Å²) in [6.45, 7) is 6.55. The summed E-state index contributed by atoms with van der Waals surface area (Å²) in [5.41, 5.74) is 0.764. The number of hydrogen-bond acceptors (Lipinski definition) is 4. The minimum Gasteiger partial charge on any atom is -0.497 e. The Bertz CT molecular complexity index is 677. The van der Waals surface area contributed by atoms with E-state index in [4.69, 9.17) is 9.47 Å². The van der Waals surface area contributed by atoms with E-state index in [1.807, 2.05) is 39.0 Å². The standard InChI is InChI=1S/C21H34N4O3/c1-21(2,3)25-19(26)14-24-20(22-4)23-13-15-10-11-17(27-5)12-18(15)28-16-8-6-7-9-16/h10-12,16H,6-9,13-14H2,1-5H3,(H,25,26)(H2,22,23,24). The molecule has 0 aromatic heterocycles. The summed E-state index contributed by atoms with van der Waals surface area (Å²) in [4.78, 5) is 16.2. The van der Waals surface area contributed by atoms with E-state index in [9.17, 15) is 4.79 Å². The number of aliphatic imine (C=N–C) groups is 1. The van der Waals surface area contributed by atoms with E-state index >= 15 is 0 Å². The van der Waals surface area contributed by atoms with Crippen LogP contribution in [-0.4, -0.2) is 44.2 Å². The minimum absolute atomic E-state index is 0.0786. The molecule has 1 fully saturated rings. The molecule has 7 heteroatoms. The predicted molar refractivity (Wildman–Crippen MR) is 112 cm³/mol. The van der Waals surface area contributed by atoms with Gasteiger partial charge in [0.1, 0.15) is 11.5 Å². The smallest absolute Gasteiger partial charge is 0.239 e. The van der Waals surface area contributed by atoms with Gasteiger partial charge in [0.2, 0.25) is 5.91 Å². The lowest BCUT2D eigenvalue weighted by molar-refractivity contribution is -0.121. The van der Waals surface area contributed by atoms with Crippen LogP contribution in [0.15, 0.2) is 23.2 Å². The third-order valence-corrected chi connectivity index (χ3v) is 4.47. The summed E-state index contributed by atoms with van der Waals surface area (Å²) in [5.74, 6) is 2.09. The Morgan fingerprint density at radius 1 is 1.21 bits per heavy atom. The van der Waals surface area contributed by atoms with Gasteiger partial charge in [-0.1, -0.05) is 0 Å². The molecule has 156 valence electrons. The molecule has 28 heavy (non-hydrogen) atoms. The van der Waals surface area contributed by atoms with Crippen LogP contribution < -0.4 is 25.4 Å². The van der Waals surface area contributed by atoms with E-state index in [1.54, 1.807) is 14.2 Å². The second kappa shape index (κ2) is 10.2. The van der Waals surface area contributed by atoms with Crippen molar-refractivity contribution in [1.82, 2.24) is 16.0 Å². The molecule has 3 N–H and O–H groups in total. The number of amides is 1. The summed E-state index contributed by atoms with van der Waals surface area (Å²) >= 11 is 0. The van der Waals surface area contributed by atoms with Crippen LogP contribution >= 0.6 is 0 Å². The predicted octanol–water partition coefficient (Wildman–Crippen LogP) is 2.60. The normalized spacial score (nSPS) is 15.2. The fourth-order valence-electron chi connectivity index (χ4n) is 3.13. The van der Waals surface area contributed by atoms with Gasteiger partial charge in [0.25, 0.3) is 0 Å². The fraction of sp³-hybridized carbons (Fsp3) is 0.619. The number of ether oxygens (including phenoxy) is 2. The lowest BCUT2D eigenvalue weighted by Crippen LogP contribution is -2.48. The highest BCUT2D eigenvalue weighted by molar-refractivity contribution is 5.86. The molecule has 0 unspecified atom stereocenters. The summed E-state index contributed by atoms with van der Waals surface area (Å²) in [7, 11) is 3.34. The topological polar surface area (TPSA) is 84.0 Å². The van der Waals surface area contributed by atoms with Crippen LogP contribution in [0.1, 0.15) is 52.0 Å². The molecule has 0 bridgehead atoms. The molecule has 0 aliphatic heterocycles. The second-order valence-electron chi connectivity index (χ2n) is 8.08. The first-order chi connectivity index (χ1) is 13.3. The largest absolute Gasteiger partial charge is 0.497 e. The molecule has 2 rings (SSSR count). The van der Waals surface area contributed by atoms with Crippen molar-refractivity contribution in [2.75, 3.05) is 20.7 Å². The van der Waals surface area contributed by atoms with Gasteiger partial charge in [-0.2, -0.15) is 0 Å². The van der Waals surface area contributed by atoms with Crippen LogP contribution in [0.5, 0.6) is 11.5 Å². The number of nitrogens with zero attached hydrogens (tertiary/aromatic N) is 1. The van der Waals surface area contributed by atoms with Gasteiger partial charge in [0.05, 0.1) is 19.8 Å². The van der Waals surface area contributed by atoms with Gasteiger partial charge < -0.3 is 25.4 Å². The Labute approximate surface area is 168 Å². The molecule has 0 heterocycles. The zero-order valence-electron chi connectivity index (χ0n) is 17.7. The van der Waals surface area contributed by atoms with Crippen molar-refractivity contribution in [3.63, 3.8) is 0 Å². The van der Waals surface area contributed by atoms with Gasteiger partial charge in [-0.05, 0) is 58.6 Å². The van der Waals surface area contributed by atoms with E-state index < -0.39 is 0 Å². The van der Waals surface area contributed by atoms with Crippen molar-refractivity contribution in [1.29, 1.82) is 0 Å². The van der Waals surface area contributed by atoms with Crippen molar-refractivity contribution in [2.45, 2.75) is 64.6 Å². The molecule has 1 aromatic rings. The molecular weight excluding hydrogens is 356 g/mol. The van der Waals surface area contributed by atoms with E-state index in [-0.39, 0.29) is 24.1 Å². The first-order valence-electron chi connectivity index (χ1n) is 9.90. The monoisotopic (exact) mass is 390 g/mol. The van der Waals surface area contributed by atoms with Gasteiger partial charge in [-0.15, -0.1) is 0 Å². The highest BCUT2D eigenvalue weighted by Crippen LogP contribution is 2.29. The van der Waals surface area contributed by atoms with Crippen molar-refractivity contribution < 1.29 is 14.3 Å². The Morgan fingerprint density at radius 3 is 2.54 bits per heavy atom. The molecule has 0 atom stereocenters. The molecule has 0 saturated heterocycles. The average Bonchev–Trinajstić information content (AvgIpc) is 3.14. The molecule has 1 amide bonds. The average molecular weight is 391 g/mol. The molecule has 1 aromatic carbocycles. The van der Waals surface area contributed by atoms with Crippen molar-refractivity contribution in [2.24, 2.45) is 4.99 Å². The molecule has 0 spiro atoms. The number of nitrogens with one attached hydrogen (secondary N) is 3. The first kappa shape index (κ1) is 21.9. The van der Waals surface area contributed by atoms with Crippen LogP contribution in [0.25, 0.3) is 0 Å². The van der Waals surface area contributed by atoms with Gasteiger partial charge in [0.15, 0.2) is 5.96 Å². The lowest BCUT2D eigenvalue weighted by Gasteiger charge is -2.21. The van der Waals surface area contributed by atoms with E-state index in [2.05, 4.69) is 20.9 Å². The SMILES string of the molecule is CN=C(NCC(=O)NC(C)(C)C)NCc1ccc(OC)cc1OC1CCCC1. The van der Waals surface area contributed by atoms with Crippen molar-refractivity contribution in [3.8, 4) is 11.5 Å². The number of rotatable bonds is 7. The third-order valence-electron chi connectivity index (χ3n) is 4.47. The molecule has 0 radical (unpaired) electrons. The first-order valence-corrected chi connectivity index (χ1v) is 9.90. The molecule has 7 nitrogen and oxygen atoms in total. The van der Waals surface area contributed by atoms with E-state index in [0.717, 1.165) is 29.9 Å². The Kier molecular flexibility index (Phi) is 7.96. The van der Waals surface area contributed by atoms with Gasteiger partial charge in [0, 0.05) is 30.8 Å². The Balaban J connectivity index is 1.94. The maximum absolute atomic E-state index is 12.0.